The molecule has 0 saturated heterocycles. The molecular formula is C15H14FN5OS2. The predicted molar refractivity (Wildman–Crippen MR) is 95.3 cm³/mol. The normalized spacial score (nSPS) is 10.8. The number of halogens is 1. The molecule has 0 bridgehead atoms. The van der Waals surface area contributed by atoms with Gasteiger partial charge in [-0.2, -0.15) is 4.98 Å². The first-order valence-corrected chi connectivity index (χ1v) is 8.80. The van der Waals surface area contributed by atoms with Crippen LogP contribution in [0.1, 0.15) is 0 Å². The van der Waals surface area contributed by atoms with Gasteiger partial charge in [-0.25, -0.2) is 14.4 Å². The number of thioether (sulfide) groups is 1. The lowest BCUT2D eigenvalue weighted by Gasteiger charge is -2.05. The van der Waals surface area contributed by atoms with Crippen LogP contribution < -0.4 is 10.2 Å². The fourth-order valence-corrected chi connectivity index (χ4v) is 3.73. The van der Waals surface area contributed by atoms with Crippen LogP contribution in [0.2, 0.25) is 0 Å². The van der Waals surface area contributed by atoms with Gasteiger partial charge < -0.3 is 10.2 Å². The number of carbonyl (C=O) groups is 1. The van der Waals surface area contributed by atoms with Crippen molar-refractivity contribution in [1.82, 2.24) is 15.0 Å². The second-order valence-corrected chi connectivity index (χ2v) is 7.01. The van der Waals surface area contributed by atoms with Crippen molar-refractivity contribution in [2.75, 3.05) is 30.1 Å². The number of nitrogens with zero attached hydrogens (tertiary/aromatic N) is 4. The third-order valence-corrected chi connectivity index (χ3v) is 5.32. The van der Waals surface area contributed by atoms with E-state index in [9.17, 15) is 9.18 Å². The van der Waals surface area contributed by atoms with Crippen molar-refractivity contribution in [3.63, 3.8) is 0 Å². The van der Waals surface area contributed by atoms with Gasteiger partial charge in [0.2, 0.25) is 5.91 Å². The summed E-state index contributed by atoms with van der Waals surface area (Å²) in [6.45, 7) is 0. The molecule has 0 atom stereocenters. The Labute approximate surface area is 146 Å². The van der Waals surface area contributed by atoms with Crippen LogP contribution >= 0.6 is 23.1 Å². The molecule has 1 N–H and O–H groups in total. The van der Waals surface area contributed by atoms with Gasteiger partial charge in [-0.15, -0.1) is 0 Å². The van der Waals surface area contributed by atoms with E-state index in [1.165, 1.54) is 41.6 Å². The molecule has 0 unspecified atom stereocenters. The third kappa shape index (κ3) is 3.80. The first-order valence-electron chi connectivity index (χ1n) is 7.00. The number of benzene rings is 1. The fourth-order valence-electron chi connectivity index (χ4n) is 1.91. The molecule has 3 aromatic rings. The van der Waals surface area contributed by atoms with Gasteiger partial charge in [0.15, 0.2) is 10.8 Å². The molecule has 1 aromatic carbocycles. The minimum Gasteiger partial charge on any atom is -0.354 e. The quantitative estimate of drug-likeness (QED) is 0.555. The standard InChI is InChI=1S/C15H14FN5OS2/c1-21(2)15-20-13-12(24-15)14(18-8-17-13)23-7-11(22)19-10-5-3-4-9(16)6-10/h3-6,8H,7H2,1-2H3,(H,19,22). The Morgan fingerprint density at radius 3 is 2.96 bits per heavy atom. The summed E-state index contributed by atoms with van der Waals surface area (Å²) in [5, 5.41) is 4.20. The SMILES string of the molecule is CN(C)c1nc2ncnc(SCC(=O)Nc3cccc(F)c3)c2s1. The Balaban J connectivity index is 1.70. The first kappa shape index (κ1) is 16.6. The molecular weight excluding hydrogens is 349 g/mol. The zero-order valence-corrected chi connectivity index (χ0v) is 14.6. The van der Waals surface area contributed by atoms with Crippen LogP contribution in [0, 0.1) is 5.82 Å². The van der Waals surface area contributed by atoms with Crippen molar-refractivity contribution >= 4 is 50.2 Å². The number of aromatic nitrogens is 3. The Hall–Kier alpha value is -2.26. The minimum atomic E-state index is -0.390. The molecule has 0 aliphatic rings. The zero-order valence-electron chi connectivity index (χ0n) is 13.0. The lowest BCUT2D eigenvalue weighted by Crippen LogP contribution is -2.14. The second kappa shape index (κ2) is 7.10. The van der Waals surface area contributed by atoms with Gasteiger partial charge in [0.25, 0.3) is 0 Å². The summed E-state index contributed by atoms with van der Waals surface area (Å²) in [5.74, 6) is -0.453. The molecule has 9 heteroatoms. The van der Waals surface area contributed by atoms with E-state index in [2.05, 4.69) is 20.3 Å². The molecule has 124 valence electrons. The van der Waals surface area contributed by atoms with Gasteiger partial charge >= 0.3 is 0 Å². The summed E-state index contributed by atoms with van der Waals surface area (Å²) in [5.41, 5.74) is 1.05. The molecule has 0 aliphatic heterocycles. The molecule has 3 rings (SSSR count). The van der Waals surface area contributed by atoms with Crippen LogP contribution in [-0.2, 0) is 4.79 Å². The number of hydrogen-bond donors (Lipinski definition) is 1. The van der Waals surface area contributed by atoms with Crippen molar-refractivity contribution in [3.8, 4) is 0 Å². The lowest BCUT2D eigenvalue weighted by atomic mass is 10.3. The highest BCUT2D eigenvalue weighted by Crippen LogP contribution is 2.32. The number of rotatable bonds is 5. The molecule has 0 saturated carbocycles. The summed E-state index contributed by atoms with van der Waals surface area (Å²) in [4.78, 5) is 26.7. The number of fused-ring (bicyclic) bond motifs is 1. The molecule has 0 radical (unpaired) electrons. The molecule has 2 aromatic heterocycles. The van der Waals surface area contributed by atoms with Gasteiger partial charge in [0.05, 0.1) is 5.75 Å². The maximum Gasteiger partial charge on any atom is 0.234 e. The Bertz CT molecular complexity index is 883. The van der Waals surface area contributed by atoms with Crippen LogP contribution in [0.4, 0.5) is 15.2 Å². The zero-order chi connectivity index (χ0) is 17.1. The molecule has 2 heterocycles. The summed E-state index contributed by atoms with van der Waals surface area (Å²) < 4.78 is 14.0. The highest BCUT2D eigenvalue weighted by Gasteiger charge is 2.13. The molecule has 0 aliphatic carbocycles. The van der Waals surface area contributed by atoms with Crippen molar-refractivity contribution in [3.05, 3.63) is 36.4 Å². The van der Waals surface area contributed by atoms with Gasteiger partial charge in [0, 0.05) is 19.8 Å². The van der Waals surface area contributed by atoms with Crippen LogP contribution in [-0.4, -0.2) is 40.7 Å². The summed E-state index contributed by atoms with van der Waals surface area (Å²) in [6.07, 6.45) is 1.44. The van der Waals surface area contributed by atoms with Crippen molar-refractivity contribution in [1.29, 1.82) is 0 Å². The van der Waals surface area contributed by atoms with E-state index in [-0.39, 0.29) is 17.5 Å². The molecule has 0 spiro atoms. The summed E-state index contributed by atoms with van der Waals surface area (Å²) in [7, 11) is 3.81. The van der Waals surface area contributed by atoms with Gasteiger partial charge in [-0.3, -0.25) is 4.79 Å². The monoisotopic (exact) mass is 363 g/mol. The Morgan fingerprint density at radius 1 is 1.38 bits per heavy atom. The maximum atomic E-state index is 13.1. The average molecular weight is 363 g/mol. The maximum absolute atomic E-state index is 13.1. The highest BCUT2D eigenvalue weighted by molar-refractivity contribution is 8.00. The van der Waals surface area contributed by atoms with Crippen LogP contribution in [0.15, 0.2) is 35.6 Å². The van der Waals surface area contributed by atoms with Gasteiger partial charge in [-0.05, 0) is 18.2 Å². The number of thiazole rings is 1. The van der Waals surface area contributed by atoms with Crippen LogP contribution in [0.3, 0.4) is 0 Å². The highest BCUT2D eigenvalue weighted by atomic mass is 32.2. The Kier molecular flexibility index (Phi) is 4.91. The van der Waals surface area contributed by atoms with Crippen LogP contribution in [0.25, 0.3) is 10.3 Å². The summed E-state index contributed by atoms with van der Waals surface area (Å²) >= 11 is 2.78. The van der Waals surface area contributed by atoms with Crippen molar-refractivity contribution < 1.29 is 9.18 Å². The predicted octanol–water partition coefficient (Wildman–Crippen LogP) is 3.02. The lowest BCUT2D eigenvalue weighted by molar-refractivity contribution is -0.113. The molecule has 0 fully saturated rings. The van der Waals surface area contributed by atoms with E-state index < -0.39 is 0 Å². The van der Waals surface area contributed by atoms with E-state index in [1.54, 1.807) is 12.1 Å². The van der Waals surface area contributed by atoms with E-state index in [0.717, 1.165) is 9.83 Å². The van der Waals surface area contributed by atoms with Crippen molar-refractivity contribution in [2.24, 2.45) is 0 Å². The van der Waals surface area contributed by atoms with Gasteiger partial charge in [0.1, 0.15) is 21.9 Å². The van der Waals surface area contributed by atoms with Crippen molar-refractivity contribution in [2.45, 2.75) is 5.03 Å². The number of carbonyl (C=O) groups excluding carboxylic acids is 1. The largest absolute Gasteiger partial charge is 0.354 e. The van der Waals surface area contributed by atoms with Gasteiger partial charge in [-0.1, -0.05) is 29.2 Å². The van der Waals surface area contributed by atoms with E-state index in [4.69, 9.17) is 0 Å². The number of hydrogen-bond acceptors (Lipinski definition) is 7. The third-order valence-electron chi connectivity index (χ3n) is 2.98. The smallest absolute Gasteiger partial charge is 0.234 e. The molecule has 24 heavy (non-hydrogen) atoms. The molecule has 1 amide bonds. The number of amides is 1. The van der Waals surface area contributed by atoms with E-state index in [0.29, 0.717) is 16.4 Å². The topological polar surface area (TPSA) is 71.0 Å². The average Bonchev–Trinajstić information content (AvgIpc) is 2.98. The first-order chi connectivity index (χ1) is 11.5. The Morgan fingerprint density at radius 2 is 2.21 bits per heavy atom. The second-order valence-electron chi connectivity index (χ2n) is 5.07. The van der Waals surface area contributed by atoms with E-state index in [1.807, 2.05) is 19.0 Å². The number of nitrogens with one attached hydrogen (secondary N) is 1. The summed E-state index contributed by atoms with van der Waals surface area (Å²) in [6, 6.07) is 5.79. The minimum absolute atomic E-state index is 0.165. The fraction of sp³-hybridized carbons (Fsp3) is 0.200. The number of anilines is 2. The van der Waals surface area contributed by atoms with E-state index >= 15 is 0 Å². The van der Waals surface area contributed by atoms with Crippen LogP contribution in [0.5, 0.6) is 0 Å². The molecule has 6 nitrogen and oxygen atoms in total.